The van der Waals surface area contributed by atoms with E-state index >= 15 is 0 Å². The lowest BCUT2D eigenvalue weighted by Crippen LogP contribution is -1.98. The zero-order valence-electron chi connectivity index (χ0n) is 13.3. The summed E-state index contributed by atoms with van der Waals surface area (Å²) in [6.45, 7) is 0. The number of aromatic carboxylic acids is 1. The van der Waals surface area contributed by atoms with Crippen molar-refractivity contribution < 1.29 is 14.3 Å². The standard InChI is InChI=1S/C18H12FN3O2S2/c19-13-7-4-8-14-15(13)12(16(26-14)17(23)24)9-25-18-20-10-22(21-18)11-5-2-1-3-6-11/h1-8,10H,9H2,(H,23,24). The Hall–Kier alpha value is -2.71. The number of hydrogen-bond donors (Lipinski definition) is 1. The number of thiophene rings is 1. The second-order valence-electron chi connectivity index (χ2n) is 5.42. The predicted molar refractivity (Wildman–Crippen MR) is 99.7 cm³/mol. The molecule has 0 spiro atoms. The number of carbonyl (C=O) groups is 1. The molecule has 0 bridgehead atoms. The average molecular weight is 385 g/mol. The number of nitrogens with zero attached hydrogens (tertiary/aromatic N) is 3. The summed E-state index contributed by atoms with van der Waals surface area (Å²) in [6.07, 6.45) is 1.60. The third-order valence-corrected chi connectivity index (χ3v) is 5.86. The molecule has 2 aromatic carbocycles. The Kier molecular flexibility index (Phi) is 4.44. The largest absolute Gasteiger partial charge is 0.477 e. The van der Waals surface area contributed by atoms with E-state index in [4.69, 9.17) is 0 Å². The Morgan fingerprint density at radius 1 is 1.19 bits per heavy atom. The number of rotatable bonds is 5. The number of carboxylic acids is 1. The zero-order chi connectivity index (χ0) is 18.1. The van der Waals surface area contributed by atoms with E-state index in [2.05, 4.69) is 10.1 Å². The highest BCUT2D eigenvalue weighted by Gasteiger charge is 2.20. The van der Waals surface area contributed by atoms with Crippen LogP contribution < -0.4 is 0 Å². The van der Waals surface area contributed by atoms with Gasteiger partial charge in [0.1, 0.15) is 17.0 Å². The summed E-state index contributed by atoms with van der Waals surface area (Å²) in [6, 6.07) is 14.2. The van der Waals surface area contributed by atoms with Crippen molar-refractivity contribution in [1.29, 1.82) is 0 Å². The molecule has 8 heteroatoms. The van der Waals surface area contributed by atoms with E-state index < -0.39 is 11.8 Å². The summed E-state index contributed by atoms with van der Waals surface area (Å²) >= 11 is 2.37. The Morgan fingerprint density at radius 2 is 2.00 bits per heavy atom. The van der Waals surface area contributed by atoms with Crippen LogP contribution in [0.4, 0.5) is 4.39 Å². The molecule has 1 N–H and O–H groups in total. The van der Waals surface area contributed by atoms with E-state index in [1.165, 1.54) is 17.8 Å². The van der Waals surface area contributed by atoms with Crippen molar-refractivity contribution in [3.8, 4) is 5.69 Å². The number of fused-ring (bicyclic) bond motifs is 1. The summed E-state index contributed by atoms with van der Waals surface area (Å²) < 4.78 is 16.5. The fourth-order valence-corrected chi connectivity index (χ4v) is 4.63. The van der Waals surface area contributed by atoms with Gasteiger partial charge in [0.25, 0.3) is 0 Å². The molecule has 2 aromatic heterocycles. The minimum atomic E-state index is -1.05. The lowest BCUT2D eigenvalue weighted by Gasteiger charge is -2.01. The molecule has 0 amide bonds. The monoisotopic (exact) mass is 385 g/mol. The molecule has 0 atom stereocenters. The zero-order valence-corrected chi connectivity index (χ0v) is 14.9. The molecule has 0 saturated carbocycles. The number of benzene rings is 2. The smallest absolute Gasteiger partial charge is 0.346 e. The molecule has 0 radical (unpaired) electrons. The topological polar surface area (TPSA) is 68.0 Å². The second kappa shape index (κ2) is 6.89. The minimum Gasteiger partial charge on any atom is -0.477 e. The van der Waals surface area contributed by atoms with Gasteiger partial charge in [-0.05, 0) is 29.8 Å². The molecule has 2 heterocycles. The molecular formula is C18H12FN3O2S2. The lowest BCUT2D eigenvalue weighted by molar-refractivity contribution is 0.0701. The van der Waals surface area contributed by atoms with Crippen molar-refractivity contribution in [3.63, 3.8) is 0 Å². The van der Waals surface area contributed by atoms with Gasteiger partial charge in [0.15, 0.2) is 0 Å². The van der Waals surface area contributed by atoms with Crippen LogP contribution in [0.1, 0.15) is 15.2 Å². The molecule has 0 aliphatic heterocycles. The third-order valence-electron chi connectivity index (χ3n) is 3.79. The van der Waals surface area contributed by atoms with Crippen molar-refractivity contribution in [2.75, 3.05) is 0 Å². The van der Waals surface area contributed by atoms with Gasteiger partial charge >= 0.3 is 5.97 Å². The summed E-state index contributed by atoms with van der Waals surface area (Å²) in [5, 5.41) is 14.7. The maximum absolute atomic E-state index is 14.2. The summed E-state index contributed by atoms with van der Waals surface area (Å²) in [7, 11) is 0. The highest BCUT2D eigenvalue weighted by atomic mass is 32.2. The number of thioether (sulfide) groups is 1. The van der Waals surface area contributed by atoms with Gasteiger partial charge in [-0.25, -0.2) is 18.9 Å². The van der Waals surface area contributed by atoms with Crippen molar-refractivity contribution in [2.45, 2.75) is 10.9 Å². The van der Waals surface area contributed by atoms with E-state index in [9.17, 15) is 14.3 Å². The Morgan fingerprint density at radius 3 is 2.77 bits per heavy atom. The van der Waals surface area contributed by atoms with Crippen LogP contribution in [-0.2, 0) is 5.75 Å². The molecule has 4 aromatic rings. The maximum atomic E-state index is 14.2. The summed E-state index contributed by atoms with van der Waals surface area (Å²) in [5.74, 6) is -1.19. The van der Waals surface area contributed by atoms with Gasteiger partial charge in [-0.3, -0.25) is 0 Å². The molecule has 5 nitrogen and oxygen atoms in total. The van der Waals surface area contributed by atoms with E-state index in [1.807, 2.05) is 30.3 Å². The van der Waals surface area contributed by atoms with Crippen LogP contribution in [0.25, 0.3) is 15.8 Å². The number of para-hydroxylation sites is 1. The van der Waals surface area contributed by atoms with Crippen LogP contribution in [0.5, 0.6) is 0 Å². The summed E-state index contributed by atoms with van der Waals surface area (Å²) in [5.41, 5.74) is 1.35. The number of halogens is 1. The SMILES string of the molecule is O=C(O)c1sc2cccc(F)c2c1CSc1ncn(-c2ccccc2)n1. The first-order valence-corrected chi connectivity index (χ1v) is 9.47. The van der Waals surface area contributed by atoms with Crippen molar-refractivity contribution in [2.24, 2.45) is 0 Å². The van der Waals surface area contributed by atoms with Gasteiger partial charge in [-0.15, -0.1) is 16.4 Å². The second-order valence-corrected chi connectivity index (χ2v) is 7.42. The average Bonchev–Trinajstić information content (AvgIpc) is 3.26. The fraction of sp³-hybridized carbons (Fsp3) is 0.0556. The molecule has 0 aliphatic rings. The number of aromatic nitrogens is 3. The molecule has 4 rings (SSSR count). The van der Waals surface area contributed by atoms with Crippen molar-refractivity contribution >= 4 is 39.2 Å². The lowest BCUT2D eigenvalue weighted by atomic mass is 10.1. The van der Waals surface area contributed by atoms with E-state index in [0.717, 1.165) is 17.0 Å². The van der Waals surface area contributed by atoms with Gasteiger partial charge < -0.3 is 5.11 Å². The highest BCUT2D eigenvalue weighted by molar-refractivity contribution is 7.98. The third kappa shape index (κ3) is 3.09. The molecule has 0 aliphatic carbocycles. The number of carboxylic acid groups (broad SMARTS) is 1. The quantitative estimate of drug-likeness (QED) is 0.508. The fourth-order valence-electron chi connectivity index (χ4n) is 2.63. The van der Waals surface area contributed by atoms with Crippen molar-refractivity contribution in [3.05, 3.63) is 71.1 Å². The van der Waals surface area contributed by atoms with Crippen LogP contribution in [0.2, 0.25) is 0 Å². The number of hydrogen-bond acceptors (Lipinski definition) is 5. The Balaban J connectivity index is 1.63. The molecule has 0 fully saturated rings. The first-order valence-electron chi connectivity index (χ1n) is 7.66. The Bertz CT molecular complexity index is 1090. The normalized spacial score (nSPS) is 11.1. The van der Waals surface area contributed by atoms with E-state index in [0.29, 0.717) is 20.8 Å². The molecule has 0 saturated heterocycles. The van der Waals surface area contributed by atoms with Crippen LogP contribution in [0, 0.1) is 5.82 Å². The van der Waals surface area contributed by atoms with Gasteiger partial charge in [-0.2, -0.15) is 0 Å². The first kappa shape index (κ1) is 16.7. The van der Waals surface area contributed by atoms with Gasteiger partial charge in [0.2, 0.25) is 5.16 Å². The summed E-state index contributed by atoms with van der Waals surface area (Å²) in [4.78, 5) is 15.9. The van der Waals surface area contributed by atoms with Crippen LogP contribution >= 0.6 is 23.1 Å². The molecule has 26 heavy (non-hydrogen) atoms. The van der Waals surface area contributed by atoms with Gasteiger partial charge in [-0.1, -0.05) is 36.0 Å². The van der Waals surface area contributed by atoms with Crippen LogP contribution in [0.3, 0.4) is 0 Å². The van der Waals surface area contributed by atoms with Crippen molar-refractivity contribution in [1.82, 2.24) is 14.8 Å². The van der Waals surface area contributed by atoms with Crippen LogP contribution in [-0.4, -0.2) is 25.8 Å². The Labute approximate surface area is 156 Å². The van der Waals surface area contributed by atoms with E-state index in [-0.39, 0.29) is 10.6 Å². The van der Waals surface area contributed by atoms with Gasteiger partial charge in [0.05, 0.1) is 5.69 Å². The molecule has 130 valence electrons. The van der Waals surface area contributed by atoms with E-state index in [1.54, 1.807) is 23.1 Å². The van der Waals surface area contributed by atoms with Gasteiger partial charge in [0, 0.05) is 15.8 Å². The molecule has 0 unspecified atom stereocenters. The molecular weight excluding hydrogens is 373 g/mol. The minimum absolute atomic E-state index is 0.153. The maximum Gasteiger partial charge on any atom is 0.346 e. The highest BCUT2D eigenvalue weighted by Crippen LogP contribution is 2.36. The predicted octanol–water partition coefficient (Wildman–Crippen LogP) is 4.61. The van der Waals surface area contributed by atoms with Crippen LogP contribution in [0.15, 0.2) is 60.0 Å². The first-order chi connectivity index (χ1) is 12.6.